The van der Waals surface area contributed by atoms with Crippen LogP contribution in [0.5, 0.6) is 5.75 Å². The summed E-state index contributed by atoms with van der Waals surface area (Å²) in [5, 5.41) is 2.73. The molecule has 0 atom stereocenters. The second kappa shape index (κ2) is 8.21. The van der Waals surface area contributed by atoms with Crippen LogP contribution in [0.3, 0.4) is 0 Å². The van der Waals surface area contributed by atoms with Gasteiger partial charge in [0.2, 0.25) is 0 Å². The fourth-order valence-electron chi connectivity index (χ4n) is 1.70. The lowest BCUT2D eigenvalue weighted by Gasteiger charge is -2.06. The molecule has 1 aromatic heterocycles. The van der Waals surface area contributed by atoms with Crippen molar-refractivity contribution in [2.24, 2.45) is 0 Å². The van der Waals surface area contributed by atoms with E-state index in [-0.39, 0.29) is 24.1 Å². The molecule has 0 aliphatic carbocycles. The van der Waals surface area contributed by atoms with Gasteiger partial charge >= 0.3 is 5.97 Å². The molecule has 24 heavy (non-hydrogen) atoms. The number of nitrogens with zero attached hydrogens (tertiary/aromatic N) is 1. The molecule has 0 fully saturated rings. The minimum absolute atomic E-state index is 0.0170. The van der Waals surface area contributed by atoms with Crippen LogP contribution in [0, 0.1) is 12.7 Å². The molecule has 0 aliphatic heterocycles. The number of hydrogen-bond acceptors (Lipinski definition) is 6. The number of hydrogen-bond donors (Lipinski definition) is 1. The number of amides is 1. The van der Waals surface area contributed by atoms with Gasteiger partial charge in [0.05, 0.1) is 5.69 Å². The van der Waals surface area contributed by atoms with Crippen molar-refractivity contribution in [3.05, 3.63) is 53.3 Å². The third-order valence-corrected chi connectivity index (χ3v) is 3.81. The zero-order valence-corrected chi connectivity index (χ0v) is 13.7. The minimum Gasteiger partial charge on any atom is -0.481 e. The quantitative estimate of drug-likeness (QED) is 0.614. The smallest absolute Gasteiger partial charge is 0.350 e. The van der Waals surface area contributed by atoms with Gasteiger partial charge < -0.3 is 9.47 Å². The van der Waals surface area contributed by atoms with Crippen LogP contribution in [0.1, 0.15) is 15.4 Å². The highest BCUT2D eigenvalue weighted by Crippen LogP contribution is 2.23. The third kappa shape index (κ3) is 4.63. The van der Waals surface area contributed by atoms with Crippen LogP contribution in [-0.2, 0) is 9.53 Å². The summed E-state index contributed by atoms with van der Waals surface area (Å²) in [6.45, 7) is 4.80. The molecule has 0 spiro atoms. The van der Waals surface area contributed by atoms with E-state index >= 15 is 0 Å². The topological polar surface area (TPSA) is 77.5 Å². The predicted octanol–water partition coefficient (Wildman–Crippen LogP) is 2.95. The molecule has 8 heteroatoms. The number of ether oxygens (including phenoxy) is 2. The van der Waals surface area contributed by atoms with Crippen molar-refractivity contribution in [3.8, 4) is 5.75 Å². The molecule has 1 aromatic carbocycles. The molecule has 0 unspecified atom stereocenters. The lowest BCUT2D eigenvalue weighted by molar-refractivity contribution is -0.118. The predicted molar refractivity (Wildman–Crippen MR) is 87.9 cm³/mol. The SMILES string of the molecule is C=CCOC(=O)c1sc(NC(=O)COc2ccccc2F)nc1C. The van der Waals surface area contributed by atoms with E-state index in [4.69, 9.17) is 9.47 Å². The summed E-state index contributed by atoms with van der Waals surface area (Å²) in [5.41, 5.74) is 0.444. The van der Waals surface area contributed by atoms with E-state index in [2.05, 4.69) is 16.9 Å². The van der Waals surface area contributed by atoms with E-state index in [1.165, 1.54) is 24.3 Å². The number of para-hydroxylation sites is 1. The Balaban J connectivity index is 1.93. The van der Waals surface area contributed by atoms with Gasteiger partial charge in [0.15, 0.2) is 23.3 Å². The molecule has 2 rings (SSSR count). The number of halogens is 1. The monoisotopic (exact) mass is 350 g/mol. The van der Waals surface area contributed by atoms with Crippen LogP contribution in [-0.4, -0.2) is 30.1 Å². The second-order valence-corrected chi connectivity index (χ2v) is 5.59. The zero-order chi connectivity index (χ0) is 17.5. The molecule has 0 aliphatic rings. The van der Waals surface area contributed by atoms with Gasteiger partial charge in [-0.2, -0.15) is 0 Å². The Bertz CT molecular complexity index is 760. The standard InChI is InChI=1S/C16H15FN2O4S/c1-3-8-22-15(21)14-10(2)18-16(24-14)19-13(20)9-23-12-7-5-4-6-11(12)17/h3-7H,1,8-9H2,2H3,(H,18,19,20). The molecule has 0 saturated heterocycles. The van der Waals surface area contributed by atoms with Crippen LogP contribution in [0.15, 0.2) is 36.9 Å². The first-order valence-electron chi connectivity index (χ1n) is 6.94. The van der Waals surface area contributed by atoms with E-state index < -0.39 is 17.7 Å². The largest absolute Gasteiger partial charge is 0.481 e. The average molecular weight is 350 g/mol. The van der Waals surface area contributed by atoms with Crippen molar-refractivity contribution >= 4 is 28.3 Å². The van der Waals surface area contributed by atoms with Crippen LogP contribution in [0.4, 0.5) is 9.52 Å². The maximum Gasteiger partial charge on any atom is 0.350 e. The first-order chi connectivity index (χ1) is 11.5. The Hall–Kier alpha value is -2.74. The highest BCUT2D eigenvalue weighted by molar-refractivity contribution is 7.17. The van der Waals surface area contributed by atoms with E-state index in [1.54, 1.807) is 13.0 Å². The number of benzene rings is 1. The maximum atomic E-state index is 13.4. The molecule has 0 radical (unpaired) electrons. The summed E-state index contributed by atoms with van der Waals surface area (Å²) in [6, 6.07) is 5.78. The van der Waals surface area contributed by atoms with Crippen LogP contribution >= 0.6 is 11.3 Å². The average Bonchev–Trinajstić information content (AvgIpc) is 2.92. The van der Waals surface area contributed by atoms with Crippen LogP contribution in [0.25, 0.3) is 0 Å². The molecule has 2 aromatic rings. The Kier molecular flexibility index (Phi) is 6.02. The van der Waals surface area contributed by atoms with Crippen molar-refractivity contribution in [3.63, 3.8) is 0 Å². The fourth-order valence-corrected chi connectivity index (χ4v) is 2.58. The van der Waals surface area contributed by atoms with Gasteiger partial charge in [0.1, 0.15) is 11.5 Å². The number of nitrogens with one attached hydrogen (secondary N) is 1. The molecular formula is C16H15FN2O4S. The van der Waals surface area contributed by atoms with Gasteiger partial charge in [-0.3, -0.25) is 10.1 Å². The Morgan fingerprint density at radius 3 is 2.88 bits per heavy atom. The summed E-state index contributed by atoms with van der Waals surface area (Å²) < 4.78 is 23.4. The minimum atomic E-state index is -0.553. The highest BCUT2D eigenvalue weighted by Gasteiger charge is 2.18. The van der Waals surface area contributed by atoms with Gasteiger partial charge in [-0.05, 0) is 19.1 Å². The normalized spacial score (nSPS) is 10.1. The lowest BCUT2D eigenvalue weighted by atomic mass is 10.3. The second-order valence-electron chi connectivity index (χ2n) is 4.59. The summed E-state index contributed by atoms with van der Waals surface area (Å²) in [6.07, 6.45) is 1.46. The molecular weight excluding hydrogens is 335 g/mol. The van der Waals surface area contributed by atoms with Gasteiger partial charge in [-0.1, -0.05) is 36.1 Å². The number of carbonyl (C=O) groups excluding carboxylic acids is 2. The van der Waals surface area contributed by atoms with Gasteiger partial charge in [0, 0.05) is 0 Å². The third-order valence-electron chi connectivity index (χ3n) is 2.76. The van der Waals surface area contributed by atoms with Crippen molar-refractivity contribution in [1.29, 1.82) is 0 Å². The van der Waals surface area contributed by atoms with Crippen LogP contribution in [0.2, 0.25) is 0 Å². The molecule has 1 heterocycles. The van der Waals surface area contributed by atoms with Crippen molar-refractivity contribution < 1.29 is 23.5 Å². The first-order valence-corrected chi connectivity index (χ1v) is 7.75. The van der Waals surface area contributed by atoms with E-state index in [0.717, 1.165) is 11.3 Å². The van der Waals surface area contributed by atoms with Crippen molar-refractivity contribution in [2.45, 2.75) is 6.92 Å². The summed E-state index contributed by atoms with van der Waals surface area (Å²) in [4.78, 5) is 28.0. The number of carbonyl (C=O) groups is 2. The van der Waals surface area contributed by atoms with E-state index in [0.29, 0.717) is 10.6 Å². The highest BCUT2D eigenvalue weighted by atomic mass is 32.1. The Morgan fingerprint density at radius 2 is 2.17 bits per heavy atom. The number of thiazole rings is 1. The molecule has 0 bridgehead atoms. The van der Waals surface area contributed by atoms with Crippen LogP contribution < -0.4 is 10.1 Å². The summed E-state index contributed by atoms with van der Waals surface area (Å²) in [5.74, 6) is -1.62. The van der Waals surface area contributed by atoms with Crippen molar-refractivity contribution in [1.82, 2.24) is 4.98 Å². The summed E-state index contributed by atoms with van der Waals surface area (Å²) in [7, 11) is 0. The molecule has 0 saturated carbocycles. The van der Waals surface area contributed by atoms with Crippen molar-refractivity contribution in [2.75, 3.05) is 18.5 Å². The summed E-state index contributed by atoms with van der Waals surface area (Å²) >= 11 is 0.990. The zero-order valence-electron chi connectivity index (χ0n) is 12.9. The van der Waals surface area contributed by atoms with Gasteiger partial charge in [-0.25, -0.2) is 14.2 Å². The van der Waals surface area contributed by atoms with E-state index in [1.807, 2.05) is 0 Å². The van der Waals surface area contributed by atoms with E-state index in [9.17, 15) is 14.0 Å². The van der Waals surface area contributed by atoms with Gasteiger partial charge in [-0.15, -0.1) is 0 Å². The number of aryl methyl sites for hydroxylation is 1. The first kappa shape index (κ1) is 17.6. The van der Waals surface area contributed by atoms with Gasteiger partial charge in [0.25, 0.3) is 5.91 Å². The Morgan fingerprint density at radius 1 is 1.42 bits per heavy atom. The Labute approximate surface area is 141 Å². The molecule has 126 valence electrons. The number of anilines is 1. The number of aromatic nitrogens is 1. The number of esters is 1. The lowest BCUT2D eigenvalue weighted by Crippen LogP contribution is -2.20. The maximum absolute atomic E-state index is 13.4. The molecule has 1 N–H and O–H groups in total. The molecule has 1 amide bonds. The number of rotatable bonds is 7. The fraction of sp³-hybridized carbons (Fsp3) is 0.188. The molecule has 6 nitrogen and oxygen atoms in total.